The number of anilines is 2. The number of nitrogens with zero attached hydrogens (tertiary/aromatic N) is 1. The molecule has 7 heteroatoms. The van der Waals surface area contributed by atoms with Gasteiger partial charge in [0.05, 0.1) is 0 Å². The van der Waals surface area contributed by atoms with E-state index >= 15 is 0 Å². The number of nitrogens with one attached hydrogen (secondary N) is 3. The molecule has 128 valence electrons. The molecule has 1 aromatic rings. The van der Waals surface area contributed by atoms with Gasteiger partial charge >= 0.3 is 0 Å². The van der Waals surface area contributed by atoms with E-state index in [4.69, 9.17) is 10.4 Å². The predicted octanol–water partition coefficient (Wildman–Crippen LogP) is 1.74. The van der Waals surface area contributed by atoms with Crippen molar-refractivity contribution in [3.63, 3.8) is 0 Å². The Labute approximate surface area is 141 Å². The highest BCUT2D eigenvalue weighted by Gasteiger charge is 2.09. The van der Waals surface area contributed by atoms with Gasteiger partial charge in [0.2, 0.25) is 5.91 Å². The van der Waals surface area contributed by atoms with E-state index in [0.717, 1.165) is 19.3 Å². The Hall–Kier alpha value is -2.85. The molecule has 0 radical (unpaired) electrons. The van der Waals surface area contributed by atoms with Crippen LogP contribution in [0.5, 0.6) is 0 Å². The second-order valence-electron chi connectivity index (χ2n) is 5.12. The van der Waals surface area contributed by atoms with Crippen LogP contribution in [0.2, 0.25) is 0 Å². The minimum atomic E-state index is -0.507. The molecule has 0 aliphatic heterocycles. The molecule has 0 heterocycles. The van der Waals surface area contributed by atoms with Crippen LogP contribution in [-0.4, -0.2) is 30.1 Å². The van der Waals surface area contributed by atoms with Gasteiger partial charge in [0.15, 0.2) is 0 Å². The number of hydrogen-bond acceptors (Lipinski definition) is 5. The maximum Gasteiger partial charge on any atom is 0.267 e. The van der Waals surface area contributed by atoms with Crippen LogP contribution < -0.4 is 16.0 Å². The lowest BCUT2D eigenvalue weighted by Crippen LogP contribution is -2.17. The molecule has 7 nitrogen and oxygen atoms in total. The van der Waals surface area contributed by atoms with Crippen molar-refractivity contribution >= 4 is 23.2 Å². The Kier molecular flexibility index (Phi) is 8.64. The highest BCUT2D eigenvalue weighted by atomic mass is 16.3. The van der Waals surface area contributed by atoms with E-state index in [9.17, 15) is 9.59 Å². The fourth-order valence-corrected chi connectivity index (χ4v) is 1.88. The molecule has 0 atom stereocenters. The number of hydrogen-bond donors (Lipinski definition) is 4. The topological polar surface area (TPSA) is 114 Å². The van der Waals surface area contributed by atoms with E-state index in [1.807, 2.05) is 6.07 Å². The first kappa shape index (κ1) is 19.2. The van der Waals surface area contributed by atoms with E-state index in [1.54, 1.807) is 24.3 Å². The number of amides is 2. The van der Waals surface area contributed by atoms with Gasteiger partial charge in [-0.05, 0) is 43.5 Å². The molecule has 0 aliphatic carbocycles. The van der Waals surface area contributed by atoms with Crippen LogP contribution in [0, 0.1) is 11.3 Å². The summed E-state index contributed by atoms with van der Waals surface area (Å²) in [5, 5.41) is 25.9. The molecule has 0 saturated carbocycles. The molecule has 0 bridgehead atoms. The number of rotatable bonds is 9. The van der Waals surface area contributed by atoms with Crippen molar-refractivity contribution in [2.75, 3.05) is 23.8 Å². The van der Waals surface area contributed by atoms with E-state index in [-0.39, 0.29) is 18.1 Å². The molecule has 0 aromatic heterocycles. The van der Waals surface area contributed by atoms with Crippen molar-refractivity contribution in [3.8, 4) is 6.07 Å². The predicted molar refractivity (Wildman–Crippen MR) is 92.0 cm³/mol. The van der Waals surface area contributed by atoms with E-state index in [1.165, 1.54) is 13.1 Å². The largest absolute Gasteiger partial charge is 0.396 e. The second-order valence-corrected chi connectivity index (χ2v) is 5.12. The monoisotopic (exact) mass is 330 g/mol. The Bertz CT molecular complexity index is 618. The van der Waals surface area contributed by atoms with Gasteiger partial charge in [-0.15, -0.1) is 0 Å². The Balaban J connectivity index is 2.51. The Morgan fingerprint density at radius 2 is 1.75 bits per heavy atom. The van der Waals surface area contributed by atoms with Crippen LogP contribution >= 0.6 is 0 Å². The molecular weight excluding hydrogens is 308 g/mol. The van der Waals surface area contributed by atoms with Crippen molar-refractivity contribution < 1.29 is 14.7 Å². The van der Waals surface area contributed by atoms with Gasteiger partial charge in [-0.25, -0.2) is 0 Å². The highest BCUT2D eigenvalue weighted by molar-refractivity contribution is 6.06. The average Bonchev–Trinajstić information content (AvgIpc) is 2.55. The van der Waals surface area contributed by atoms with Crippen molar-refractivity contribution in [2.24, 2.45) is 0 Å². The van der Waals surface area contributed by atoms with E-state index in [0.29, 0.717) is 17.9 Å². The van der Waals surface area contributed by atoms with Gasteiger partial charge in [-0.2, -0.15) is 5.26 Å². The minimum absolute atomic E-state index is 0.0249. The van der Waals surface area contributed by atoms with Crippen LogP contribution in [0.1, 0.15) is 26.2 Å². The number of unbranched alkanes of at least 4 members (excludes halogenated alkanes) is 2. The zero-order valence-electron chi connectivity index (χ0n) is 13.6. The normalized spacial score (nSPS) is 10.6. The summed E-state index contributed by atoms with van der Waals surface area (Å²) in [7, 11) is 0. The summed E-state index contributed by atoms with van der Waals surface area (Å²) in [5.74, 6) is -0.681. The first-order chi connectivity index (χ1) is 11.6. The third-order valence-corrected chi connectivity index (χ3v) is 3.05. The van der Waals surface area contributed by atoms with Crippen LogP contribution in [0.15, 0.2) is 36.0 Å². The zero-order chi connectivity index (χ0) is 17.8. The fourth-order valence-electron chi connectivity index (χ4n) is 1.88. The quantitative estimate of drug-likeness (QED) is 0.313. The molecule has 0 spiro atoms. The lowest BCUT2D eigenvalue weighted by molar-refractivity contribution is -0.114. The summed E-state index contributed by atoms with van der Waals surface area (Å²) in [4.78, 5) is 23.0. The van der Waals surface area contributed by atoms with Crippen molar-refractivity contribution in [1.82, 2.24) is 5.32 Å². The number of carbonyl (C=O) groups is 2. The van der Waals surface area contributed by atoms with E-state index in [2.05, 4.69) is 16.0 Å². The van der Waals surface area contributed by atoms with Gasteiger partial charge in [-0.1, -0.05) is 0 Å². The van der Waals surface area contributed by atoms with Gasteiger partial charge in [0.25, 0.3) is 5.91 Å². The number of benzene rings is 1. The summed E-state index contributed by atoms with van der Waals surface area (Å²) in [5.41, 5.74) is 1.13. The second kappa shape index (κ2) is 10.8. The van der Waals surface area contributed by atoms with Crippen LogP contribution in [0.4, 0.5) is 11.4 Å². The summed E-state index contributed by atoms with van der Waals surface area (Å²) >= 11 is 0. The summed E-state index contributed by atoms with van der Waals surface area (Å²) in [6.45, 7) is 2.21. The highest BCUT2D eigenvalue weighted by Crippen LogP contribution is 2.14. The third kappa shape index (κ3) is 7.42. The number of aliphatic hydroxyl groups excluding tert-OH is 1. The maximum absolute atomic E-state index is 12.0. The molecule has 4 N–H and O–H groups in total. The minimum Gasteiger partial charge on any atom is -0.396 e. The van der Waals surface area contributed by atoms with Crippen molar-refractivity contribution in [3.05, 3.63) is 36.0 Å². The first-order valence-electron chi connectivity index (χ1n) is 7.70. The summed E-state index contributed by atoms with van der Waals surface area (Å²) < 4.78 is 0. The first-order valence-corrected chi connectivity index (χ1v) is 7.70. The van der Waals surface area contributed by atoms with Crippen molar-refractivity contribution in [1.29, 1.82) is 5.26 Å². The fraction of sp³-hybridized carbons (Fsp3) is 0.353. The average molecular weight is 330 g/mol. The SMILES string of the molecule is CC(=O)Nc1ccc(NC(=O)/C(C#N)=C\NCCCCCO)cc1. The zero-order valence-corrected chi connectivity index (χ0v) is 13.6. The van der Waals surface area contributed by atoms with Crippen LogP contribution in [0.25, 0.3) is 0 Å². The smallest absolute Gasteiger partial charge is 0.267 e. The number of nitriles is 1. The molecule has 24 heavy (non-hydrogen) atoms. The molecule has 0 aliphatic rings. The Morgan fingerprint density at radius 3 is 2.29 bits per heavy atom. The number of carbonyl (C=O) groups excluding carboxylic acids is 2. The maximum atomic E-state index is 12.0. The van der Waals surface area contributed by atoms with Gasteiger partial charge in [0.1, 0.15) is 11.6 Å². The lowest BCUT2D eigenvalue weighted by atomic mass is 10.2. The third-order valence-electron chi connectivity index (χ3n) is 3.05. The lowest BCUT2D eigenvalue weighted by Gasteiger charge is -2.07. The molecule has 0 saturated heterocycles. The van der Waals surface area contributed by atoms with E-state index < -0.39 is 5.91 Å². The standard InChI is InChI=1S/C17H22N4O3/c1-13(23)20-15-5-7-16(8-6-15)21-17(24)14(11-18)12-19-9-3-2-4-10-22/h5-8,12,19,22H,2-4,9-10H2,1H3,(H,20,23)(H,21,24)/b14-12-. The molecule has 0 unspecified atom stereocenters. The molecule has 1 aromatic carbocycles. The van der Waals surface area contributed by atoms with Crippen LogP contribution in [0.3, 0.4) is 0 Å². The van der Waals surface area contributed by atoms with Gasteiger partial charge in [-0.3, -0.25) is 9.59 Å². The molecule has 0 fully saturated rings. The molecule has 2 amide bonds. The molecular formula is C17H22N4O3. The molecule has 1 rings (SSSR count). The summed E-state index contributed by atoms with van der Waals surface area (Å²) in [6.07, 6.45) is 3.86. The Morgan fingerprint density at radius 1 is 1.12 bits per heavy atom. The number of aliphatic hydroxyl groups is 1. The summed E-state index contributed by atoms with van der Waals surface area (Å²) in [6, 6.07) is 8.45. The van der Waals surface area contributed by atoms with Gasteiger partial charge in [0, 0.05) is 37.7 Å². The van der Waals surface area contributed by atoms with Crippen LogP contribution in [-0.2, 0) is 9.59 Å². The van der Waals surface area contributed by atoms with Gasteiger partial charge < -0.3 is 21.1 Å². The van der Waals surface area contributed by atoms with Crippen molar-refractivity contribution in [2.45, 2.75) is 26.2 Å².